The van der Waals surface area contributed by atoms with Crippen molar-refractivity contribution in [2.75, 3.05) is 23.7 Å². The van der Waals surface area contributed by atoms with Gasteiger partial charge in [0.05, 0.1) is 10.9 Å². The van der Waals surface area contributed by atoms with Crippen LogP contribution in [0.4, 0.5) is 11.4 Å². The number of anilines is 2. The van der Waals surface area contributed by atoms with E-state index in [4.69, 9.17) is 11.6 Å². The van der Waals surface area contributed by atoms with Crippen LogP contribution in [0.15, 0.2) is 47.4 Å². The molecule has 3 rings (SSSR count). The number of thioether (sulfide) groups is 1. The summed E-state index contributed by atoms with van der Waals surface area (Å²) in [6.45, 7) is 5.08. The fourth-order valence-electron chi connectivity index (χ4n) is 3.06. The van der Waals surface area contributed by atoms with Crippen LogP contribution in [0.2, 0.25) is 5.02 Å². The van der Waals surface area contributed by atoms with Crippen molar-refractivity contribution in [3.63, 3.8) is 0 Å². The average molecular weight is 432 g/mol. The molecule has 1 atom stereocenters. The van der Waals surface area contributed by atoms with Gasteiger partial charge in [0.1, 0.15) is 0 Å². The summed E-state index contributed by atoms with van der Waals surface area (Å²) in [6, 6.07) is 12.1. The predicted molar refractivity (Wildman–Crippen MR) is 117 cm³/mol. The quantitative estimate of drug-likeness (QED) is 0.716. The monoisotopic (exact) mass is 431 g/mol. The number of halogens is 1. The number of amides is 3. The van der Waals surface area contributed by atoms with Crippen LogP contribution in [-0.2, 0) is 9.59 Å². The number of carbonyl (C=O) groups is 3. The standard InChI is InChI=1S/C21H22ClN3O3S/c1-3-25(4-2)21(28)13-6-5-7-15(10-13)23-19(26)12-18-20(27)24-16-11-14(22)8-9-17(16)29-18/h5-11,18H,3-4,12H2,1-2H3,(H,23,26)(H,24,27)/t18-/m0/s1. The number of nitrogens with zero attached hydrogens (tertiary/aromatic N) is 1. The average Bonchev–Trinajstić information content (AvgIpc) is 2.69. The number of carbonyl (C=O) groups excluding carboxylic acids is 3. The minimum atomic E-state index is -0.538. The third-order valence-electron chi connectivity index (χ3n) is 4.58. The molecule has 2 aromatic rings. The zero-order chi connectivity index (χ0) is 21.0. The largest absolute Gasteiger partial charge is 0.339 e. The minimum Gasteiger partial charge on any atom is -0.339 e. The maximum atomic E-state index is 12.5. The van der Waals surface area contributed by atoms with Crippen LogP contribution >= 0.6 is 23.4 Å². The zero-order valence-corrected chi connectivity index (χ0v) is 17.8. The molecule has 0 saturated carbocycles. The fraction of sp³-hybridized carbons (Fsp3) is 0.286. The minimum absolute atomic E-state index is 0.0206. The topological polar surface area (TPSA) is 78.5 Å². The van der Waals surface area contributed by atoms with E-state index in [1.54, 1.807) is 41.3 Å². The molecule has 0 fully saturated rings. The Labute approximate surface area is 179 Å². The lowest BCUT2D eigenvalue weighted by Crippen LogP contribution is -2.32. The SMILES string of the molecule is CCN(CC)C(=O)c1cccc(NC(=O)C[C@@H]2Sc3ccc(Cl)cc3NC2=O)c1. The fourth-order valence-corrected chi connectivity index (χ4v) is 4.32. The molecular weight excluding hydrogens is 410 g/mol. The Morgan fingerprint density at radius 3 is 2.66 bits per heavy atom. The van der Waals surface area contributed by atoms with Crippen LogP contribution in [-0.4, -0.2) is 41.0 Å². The lowest BCUT2D eigenvalue weighted by atomic mass is 10.1. The lowest BCUT2D eigenvalue weighted by molar-refractivity contribution is -0.120. The maximum absolute atomic E-state index is 12.5. The molecule has 0 spiro atoms. The first kappa shape index (κ1) is 21.2. The second-order valence-electron chi connectivity index (χ2n) is 6.55. The number of fused-ring (bicyclic) bond motifs is 1. The van der Waals surface area contributed by atoms with Crippen LogP contribution in [0.5, 0.6) is 0 Å². The first-order chi connectivity index (χ1) is 13.9. The van der Waals surface area contributed by atoms with E-state index in [1.807, 2.05) is 19.9 Å². The van der Waals surface area contributed by atoms with E-state index >= 15 is 0 Å². The van der Waals surface area contributed by atoms with Crippen LogP contribution in [0.3, 0.4) is 0 Å². The van der Waals surface area contributed by atoms with E-state index in [2.05, 4.69) is 10.6 Å². The molecule has 0 aromatic heterocycles. The Balaban J connectivity index is 1.65. The molecule has 29 heavy (non-hydrogen) atoms. The summed E-state index contributed by atoms with van der Waals surface area (Å²) in [7, 11) is 0. The molecule has 6 nitrogen and oxygen atoms in total. The van der Waals surface area contributed by atoms with E-state index in [-0.39, 0.29) is 24.1 Å². The van der Waals surface area contributed by atoms with Crippen LogP contribution < -0.4 is 10.6 Å². The van der Waals surface area contributed by atoms with Gasteiger partial charge in [0.2, 0.25) is 11.8 Å². The van der Waals surface area contributed by atoms with Gasteiger partial charge in [-0.05, 0) is 50.2 Å². The Hall–Kier alpha value is -2.51. The second kappa shape index (κ2) is 9.33. The Bertz CT molecular complexity index is 947. The summed E-state index contributed by atoms with van der Waals surface area (Å²) in [5.74, 6) is -0.600. The van der Waals surface area contributed by atoms with Crippen molar-refractivity contribution in [1.29, 1.82) is 0 Å². The van der Waals surface area contributed by atoms with Crippen LogP contribution in [0, 0.1) is 0 Å². The normalized spacial score (nSPS) is 15.3. The van der Waals surface area contributed by atoms with Gasteiger partial charge in [-0.2, -0.15) is 0 Å². The van der Waals surface area contributed by atoms with Gasteiger partial charge >= 0.3 is 0 Å². The molecule has 152 valence electrons. The lowest BCUT2D eigenvalue weighted by Gasteiger charge is -2.24. The van der Waals surface area contributed by atoms with Crippen molar-refractivity contribution in [2.24, 2.45) is 0 Å². The third-order valence-corrected chi connectivity index (χ3v) is 6.09. The third kappa shape index (κ3) is 5.10. The zero-order valence-electron chi connectivity index (χ0n) is 16.2. The Morgan fingerprint density at radius 1 is 1.17 bits per heavy atom. The highest BCUT2D eigenvalue weighted by molar-refractivity contribution is 8.01. The summed E-state index contributed by atoms with van der Waals surface area (Å²) in [4.78, 5) is 39.9. The summed E-state index contributed by atoms with van der Waals surface area (Å²) >= 11 is 7.29. The van der Waals surface area contributed by atoms with E-state index < -0.39 is 5.25 Å². The number of hydrogen-bond donors (Lipinski definition) is 2. The van der Waals surface area contributed by atoms with Gasteiger partial charge in [-0.25, -0.2) is 0 Å². The Morgan fingerprint density at radius 2 is 1.93 bits per heavy atom. The highest BCUT2D eigenvalue weighted by Crippen LogP contribution is 2.38. The van der Waals surface area contributed by atoms with Crippen molar-refractivity contribution in [1.82, 2.24) is 4.90 Å². The van der Waals surface area contributed by atoms with E-state index in [0.29, 0.717) is 35.1 Å². The molecule has 1 heterocycles. The van der Waals surface area contributed by atoms with Gasteiger partial charge in [0.15, 0.2) is 0 Å². The molecule has 0 aliphatic carbocycles. The van der Waals surface area contributed by atoms with Gasteiger partial charge in [0.25, 0.3) is 5.91 Å². The molecule has 3 amide bonds. The van der Waals surface area contributed by atoms with Crippen molar-refractivity contribution in [3.05, 3.63) is 53.1 Å². The van der Waals surface area contributed by atoms with Crippen molar-refractivity contribution < 1.29 is 14.4 Å². The highest BCUT2D eigenvalue weighted by Gasteiger charge is 2.29. The number of nitrogens with one attached hydrogen (secondary N) is 2. The number of benzene rings is 2. The number of hydrogen-bond acceptors (Lipinski definition) is 4. The molecule has 0 radical (unpaired) electrons. The van der Waals surface area contributed by atoms with Gasteiger partial charge in [-0.15, -0.1) is 11.8 Å². The summed E-state index contributed by atoms with van der Waals surface area (Å²) < 4.78 is 0. The molecule has 2 aromatic carbocycles. The maximum Gasteiger partial charge on any atom is 0.253 e. The summed E-state index contributed by atoms with van der Waals surface area (Å²) in [5.41, 5.74) is 1.70. The van der Waals surface area contributed by atoms with E-state index in [1.165, 1.54) is 11.8 Å². The van der Waals surface area contributed by atoms with E-state index in [0.717, 1.165) is 4.90 Å². The molecule has 1 aliphatic rings. The second-order valence-corrected chi connectivity index (χ2v) is 8.23. The molecule has 0 saturated heterocycles. The Kier molecular flexibility index (Phi) is 6.82. The van der Waals surface area contributed by atoms with E-state index in [9.17, 15) is 14.4 Å². The summed E-state index contributed by atoms with van der Waals surface area (Å²) in [5, 5.41) is 5.59. The van der Waals surface area contributed by atoms with Gasteiger partial charge in [-0.3, -0.25) is 14.4 Å². The predicted octanol–water partition coefficient (Wildman–Crippen LogP) is 4.26. The molecule has 0 bridgehead atoms. The molecule has 1 aliphatic heterocycles. The highest BCUT2D eigenvalue weighted by atomic mass is 35.5. The molecular formula is C21H22ClN3O3S. The first-order valence-corrected chi connectivity index (χ1v) is 10.6. The van der Waals surface area contributed by atoms with Gasteiger partial charge in [-0.1, -0.05) is 17.7 Å². The molecule has 2 N–H and O–H groups in total. The van der Waals surface area contributed by atoms with Gasteiger partial charge < -0.3 is 15.5 Å². The van der Waals surface area contributed by atoms with Crippen molar-refractivity contribution in [2.45, 2.75) is 30.4 Å². The smallest absolute Gasteiger partial charge is 0.253 e. The van der Waals surface area contributed by atoms with Crippen molar-refractivity contribution >= 4 is 52.5 Å². The van der Waals surface area contributed by atoms with Crippen LogP contribution in [0.1, 0.15) is 30.6 Å². The summed E-state index contributed by atoms with van der Waals surface area (Å²) in [6.07, 6.45) is 0.0206. The van der Waals surface area contributed by atoms with Crippen LogP contribution in [0.25, 0.3) is 0 Å². The number of rotatable bonds is 6. The molecule has 8 heteroatoms. The first-order valence-electron chi connectivity index (χ1n) is 9.37. The van der Waals surface area contributed by atoms with Gasteiger partial charge in [0, 0.05) is 40.7 Å². The van der Waals surface area contributed by atoms with Crippen molar-refractivity contribution in [3.8, 4) is 0 Å². The molecule has 0 unspecified atom stereocenters.